The number of esters is 1. The van der Waals surface area contributed by atoms with Crippen molar-refractivity contribution < 1.29 is 14.3 Å². The third-order valence-corrected chi connectivity index (χ3v) is 5.00. The van der Waals surface area contributed by atoms with Gasteiger partial charge in [-0.2, -0.15) is 0 Å². The lowest BCUT2D eigenvalue weighted by molar-refractivity contribution is -0.144. The van der Waals surface area contributed by atoms with Gasteiger partial charge in [0.15, 0.2) is 0 Å². The van der Waals surface area contributed by atoms with Crippen molar-refractivity contribution in [2.75, 3.05) is 0 Å². The Labute approximate surface area is 114 Å². The number of allylic oxidation sites excluding steroid dienone is 3. The Hall–Kier alpha value is -1.09. The molecule has 2 heterocycles. The van der Waals surface area contributed by atoms with Crippen LogP contribution in [0.25, 0.3) is 0 Å². The van der Waals surface area contributed by atoms with Crippen LogP contribution in [0.2, 0.25) is 0 Å². The molecule has 0 N–H and O–H groups in total. The van der Waals surface area contributed by atoms with Gasteiger partial charge in [0.1, 0.15) is 12.2 Å². The molecule has 0 aromatic rings. The number of carbonyl (C=O) groups is 1. The number of hydrogen-bond acceptors (Lipinski definition) is 3. The molecule has 104 valence electrons. The predicted molar refractivity (Wildman–Crippen MR) is 72.6 cm³/mol. The van der Waals surface area contributed by atoms with E-state index in [1.165, 1.54) is 5.57 Å². The first kappa shape index (κ1) is 12.9. The Morgan fingerprint density at radius 2 is 2.32 bits per heavy atom. The predicted octanol–water partition coefficient (Wildman–Crippen LogP) is 3.01. The van der Waals surface area contributed by atoms with Crippen LogP contribution in [-0.2, 0) is 14.3 Å². The Balaban J connectivity index is 1.85. The van der Waals surface area contributed by atoms with Gasteiger partial charge in [-0.05, 0) is 32.6 Å². The summed E-state index contributed by atoms with van der Waals surface area (Å²) in [5, 5.41) is 0. The molecule has 0 aromatic heterocycles. The van der Waals surface area contributed by atoms with Crippen LogP contribution in [0, 0.1) is 11.8 Å². The largest absolute Gasteiger partial charge is 0.459 e. The van der Waals surface area contributed by atoms with Gasteiger partial charge < -0.3 is 9.47 Å². The molecule has 3 aliphatic rings. The maximum Gasteiger partial charge on any atom is 0.309 e. The van der Waals surface area contributed by atoms with E-state index < -0.39 is 0 Å². The number of epoxide rings is 1. The van der Waals surface area contributed by atoms with E-state index in [4.69, 9.17) is 9.47 Å². The highest BCUT2D eigenvalue weighted by Crippen LogP contribution is 2.50. The lowest BCUT2D eigenvalue weighted by atomic mass is 9.81. The van der Waals surface area contributed by atoms with Gasteiger partial charge in [0.05, 0.1) is 11.5 Å². The van der Waals surface area contributed by atoms with Crippen molar-refractivity contribution in [2.24, 2.45) is 11.8 Å². The topological polar surface area (TPSA) is 38.8 Å². The minimum absolute atomic E-state index is 0.0102. The zero-order valence-electron chi connectivity index (χ0n) is 11.7. The zero-order valence-corrected chi connectivity index (χ0v) is 11.7. The van der Waals surface area contributed by atoms with Crippen LogP contribution >= 0.6 is 0 Å². The van der Waals surface area contributed by atoms with Gasteiger partial charge in [0.25, 0.3) is 0 Å². The summed E-state index contributed by atoms with van der Waals surface area (Å²) < 4.78 is 11.5. The van der Waals surface area contributed by atoms with Gasteiger partial charge in [0, 0.05) is 5.92 Å². The monoisotopic (exact) mass is 262 g/mol. The highest BCUT2D eigenvalue weighted by Gasteiger charge is 2.61. The molecular weight excluding hydrogens is 240 g/mol. The maximum absolute atomic E-state index is 11.8. The van der Waals surface area contributed by atoms with Crippen LogP contribution in [0.5, 0.6) is 0 Å². The highest BCUT2D eigenvalue weighted by atomic mass is 16.6. The Morgan fingerprint density at radius 3 is 3.05 bits per heavy atom. The van der Waals surface area contributed by atoms with Crippen molar-refractivity contribution in [3.05, 3.63) is 24.3 Å². The fourth-order valence-corrected chi connectivity index (χ4v) is 3.53. The molecule has 5 atom stereocenters. The number of fused-ring (bicyclic) bond motifs is 3. The molecule has 3 heteroatoms. The Kier molecular flexibility index (Phi) is 3.05. The maximum atomic E-state index is 11.8. The van der Waals surface area contributed by atoms with Gasteiger partial charge in [0.2, 0.25) is 0 Å². The minimum atomic E-state index is -0.104. The summed E-state index contributed by atoms with van der Waals surface area (Å²) in [6, 6.07) is 0. The van der Waals surface area contributed by atoms with Crippen molar-refractivity contribution >= 4 is 5.97 Å². The quantitative estimate of drug-likeness (QED) is 0.538. The van der Waals surface area contributed by atoms with Crippen molar-refractivity contribution in [1.82, 2.24) is 0 Å². The average Bonchev–Trinajstić information content (AvgIpc) is 2.97. The van der Waals surface area contributed by atoms with Crippen molar-refractivity contribution in [3.8, 4) is 0 Å². The molecule has 19 heavy (non-hydrogen) atoms. The first-order valence-electron chi connectivity index (χ1n) is 7.25. The SMILES string of the molecule is C=C/C1=C/CC[C@@]2(C)O[C@@H]2[C@H]2OC(=O)C(C)[C@@H]2CC1. The van der Waals surface area contributed by atoms with Crippen LogP contribution < -0.4 is 0 Å². The molecule has 0 spiro atoms. The molecule has 2 aliphatic heterocycles. The number of rotatable bonds is 1. The molecule has 2 fully saturated rings. The molecule has 3 nitrogen and oxygen atoms in total. The van der Waals surface area contributed by atoms with Crippen LogP contribution in [0.15, 0.2) is 24.3 Å². The van der Waals surface area contributed by atoms with E-state index in [9.17, 15) is 4.79 Å². The lowest BCUT2D eigenvalue weighted by Gasteiger charge is -2.20. The van der Waals surface area contributed by atoms with Crippen LogP contribution in [-0.4, -0.2) is 23.8 Å². The molecule has 1 aliphatic carbocycles. The van der Waals surface area contributed by atoms with Gasteiger partial charge in [-0.3, -0.25) is 4.79 Å². The van der Waals surface area contributed by atoms with Gasteiger partial charge >= 0.3 is 5.97 Å². The lowest BCUT2D eigenvalue weighted by Crippen LogP contribution is -2.29. The third-order valence-electron chi connectivity index (χ3n) is 5.00. The molecule has 2 saturated heterocycles. The van der Waals surface area contributed by atoms with Crippen molar-refractivity contribution in [1.29, 1.82) is 0 Å². The van der Waals surface area contributed by atoms with E-state index >= 15 is 0 Å². The van der Waals surface area contributed by atoms with Crippen LogP contribution in [0.4, 0.5) is 0 Å². The summed E-state index contributed by atoms with van der Waals surface area (Å²) in [4.78, 5) is 11.8. The fourth-order valence-electron chi connectivity index (χ4n) is 3.53. The zero-order chi connectivity index (χ0) is 13.6. The summed E-state index contributed by atoms with van der Waals surface area (Å²) in [7, 11) is 0. The van der Waals surface area contributed by atoms with E-state index in [0.29, 0.717) is 0 Å². The highest BCUT2D eigenvalue weighted by molar-refractivity contribution is 5.75. The Bertz CT molecular complexity index is 439. The van der Waals surface area contributed by atoms with Gasteiger partial charge in [-0.25, -0.2) is 0 Å². The van der Waals surface area contributed by atoms with Gasteiger partial charge in [-0.15, -0.1) is 0 Å². The smallest absolute Gasteiger partial charge is 0.309 e. The standard InChI is InChI=1S/C16H22O3/c1-4-11-6-5-9-16(3)14(19-16)13-12(8-7-11)10(2)15(17)18-13/h4,6,10,12-14H,1,5,7-9H2,2-3H3/b11-6-/t10?,12-,13-,14+,16+/m0/s1. The number of hydrogen-bond donors (Lipinski definition) is 0. The third kappa shape index (κ3) is 2.14. The molecule has 0 radical (unpaired) electrons. The summed E-state index contributed by atoms with van der Waals surface area (Å²) in [6.45, 7) is 7.99. The first-order valence-corrected chi connectivity index (χ1v) is 7.25. The van der Waals surface area contributed by atoms with Crippen molar-refractivity contribution in [3.63, 3.8) is 0 Å². The van der Waals surface area contributed by atoms with E-state index in [2.05, 4.69) is 19.6 Å². The summed E-state index contributed by atoms with van der Waals surface area (Å²) in [5.41, 5.74) is 1.18. The summed E-state index contributed by atoms with van der Waals surface area (Å²) in [6.07, 6.45) is 8.22. The fraction of sp³-hybridized carbons (Fsp3) is 0.688. The van der Waals surface area contributed by atoms with E-state index in [1.807, 2.05) is 13.0 Å². The molecule has 0 aromatic carbocycles. The second kappa shape index (κ2) is 4.48. The van der Waals surface area contributed by atoms with E-state index in [0.717, 1.165) is 25.7 Å². The molecule has 1 unspecified atom stereocenters. The van der Waals surface area contributed by atoms with E-state index in [-0.39, 0.29) is 35.6 Å². The molecule has 0 amide bonds. The van der Waals surface area contributed by atoms with E-state index in [1.54, 1.807) is 0 Å². The van der Waals surface area contributed by atoms with Gasteiger partial charge in [-0.1, -0.05) is 31.2 Å². The minimum Gasteiger partial charge on any atom is -0.459 e. The Morgan fingerprint density at radius 1 is 1.53 bits per heavy atom. The normalized spacial score (nSPS) is 48.3. The molecular formula is C16H22O3. The number of ether oxygens (including phenoxy) is 2. The average molecular weight is 262 g/mol. The van der Waals surface area contributed by atoms with Crippen LogP contribution in [0.3, 0.4) is 0 Å². The molecule has 0 bridgehead atoms. The first-order chi connectivity index (χ1) is 9.05. The van der Waals surface area contributed by atoms with Crippen LogP contribution in [0.1, 0.15) is 39.5 Å². The molecule has 3 rings (SSSR count). The second-order valence-electron chi connectivity index (χ2n) is 6.27. The second-order valence-corrected chi connectivity index (χ2v) is 6.27. The summed E-state index contributed by atoms with van der Waals surface area (Å²) in [5.74, 6) is 0.209. The molecule has 0 saturated carbocycles. The summed E-state index contributed by atoms with van der Waals surface area (Å²) >= 11 is 0. The van der Waals surface area contributed by atoms with Crippen molar-refractivity contribution in [2.45, 2.75) is 57.3 Å². The number of carbonyl (C=O) groups excluding carboxylic acids is 1.